The van der Waals surface area contributed by atoms with E-state index >= 15 is 0 Å². The maximum absolute atomic E-state index is 13.8. The molecule has 0 aliphatic carbocycles. The van der Waals surface area contributed by atoms with Crippen molar-refractivity contribution in [2.45, 2.75) is 38.3 Å². The normalized spacial score (nSPS) is 19.7. The van der Waals surface area contributed by atoms with Gasteiger partial charge < -0.3 is 20.7 Å². The quantitative estimate of drug-likeness (QED) is 0.497. The molecule has 10 heteroatoms. The molecule has 0 saturated carbocycles. The first-order valence-electron chi connectivity index (χ1n) is 12.5. The van der Waals surface area contributed by atoms with Crippen LogP contribution in [0.5, 0.6) is 5.75 Å². The van der Waals surface area contributed by atoms with Crippen LogP contribution in [0.3, 0.4) is 0 Å². The molecule has 202 valence electrons. The molecule has 0 aromatic heterocycles. The lowest BCUT2D eigenvalue weighted by Gasteiger charge is -2.39. The molecule has 0 saturated heterocycles. The van der Waals surface area contributed by atoms with Crippen LogP contribution >= 0.6 is 0 Å². The average Bonchev–Trinajstić information content (AvgIpc) is 3.22. The third-order valence-corrected chi connectivity index (χ3v) is 6.53. The van der Waals surface area contributed by atoms with Gasteiger partial charge in [-0.3, -0.25) is 14.6 Å². The van der Waals surface area contributed by atoms with Crippen molar-refractivity contribution >= 4 is 17.5 Å². The van der Waals surface area contributed by atoms with Gasteiger partial charge in [-0.2, -0.15) is 5.10 Å². The van der Waals surface area contributed by atoms with Gasteiger partial charge in [0, 0.05) is 19.3 Å². The van der Waals surface area contributed by atoms with Crippen LogP contribution < -0.4 is 15.8 Å². The molecule has 0 spiro atoms. The lowest BCUT2D eigenvalue weighted by Crippen LogP contribution is -2.59. The van der Waals surface area contributed by atoms with Gasteiger partial charge in [-0.05, 0) is 44.0 Å². The number of benzene rings is 2. The first-order valence-corrected chi connectivity index (χ1v) is 12.5. The second-order valence-corrected chi connectivity index (χ2v) is 10.3. The molecule has 0 radical (unpaired) electrons. The molecule has 2 aliphatic heterocycles. The van der Waals surface area contributed by atoms with Gasteiger partial charge in [0.15, 0.2) is 0 Å². The standard InChI is InChI=1S/C28H33F2N5O3/c1-27(2,31)26(37)32-22(17-38-21-11-7-4-8-12-21)25(36)34-14-13-23-28(18-34,15-20-9-5-3-6-10-20)19-35(33-23)16-24(29)30/h3-14,22,24H,15-19,31H2,1-2H3,(H,32,37)/t22-,28-/m1/s1. The van der Waals surface area contributed by atoms with Crippen LogP contribution in [0, 0.1) is 5.41 Å². The van der Waals surface area contributed by atoms with E-state index in [4.69, 9.17) is 10.5 Å². The fraction of sp³-hybridized carbons (Fsp3) is 0.393. The molecule has 0 bridgehead atoms. The molecule has 8 nitrogen and oxygen atoms in total. The first kappa shape index (κ1) is 27.3. The molecule has 0 unspecified atom stereocenters. The highest BCUT2D eigenvalue weighted by Gasteiger charge is 2.47. The van der Waals surface area contributed by atoms with Crippen molar-refractivity contribution in [2.24, 2.45) is 16.3 Å². The number of nitrogens with one attached hydrogen (secondary N) is 1. The maximum Gasteiger partial charge on any atom is 0.257 e. The molecular formula is C28H33F2N5O3. The Hall–Kier alpha value is -3.79. The number of hydrogen-bond donors (Lipinski definition) is 2. The fourth-order valence-electron chi connectivity index (χ4n) is 4.63. The highest BCUT2D eigenvalue weighted by Crippen LogP contribution is 2.36. The van der Waals surface area contributed by atoms with Gasteiger partial charge in [-0.1, -0.05) is 48.5 Å². The van der Waals surface area contributed by atoms with E-state index in [0.29, 0.717) is 17.9 Å². The number of allylic oxidation sites excluding steroid dienone is 1. The summed E-state index contributed by atoms with van der Waals surface area (Å²) in [6.07, 6.45) is 1.25. The van der Waals surface area contributed by atoms with Crippen LogP contribution in [-0.2, 0) is 16.0 Å². The second-order valence-electron chi connectivity index (χ2n) is 10.3. The molecule has 2 aliphatic rings. The SMILES string of the molecule is CC(C)(N)C(=O)N[C@H](COc1ccccc1)C(=O)N1C=CC2=NN(CC(F)F)C[C@@]2(Cc2ccccc2)C1. The van der Waals surface area contributed by atoms with Gasteiger partial charge in [0.05, 0.1) is 23.2 Å². The summed E-state index contributed by atoms with van der Waals surface area (Å²) < 4.78 is 32.2. The number of alkyl halides is 2. The van der Waals surface area contributed by atoms with Gasteiger partial charge in [0.2, 0.25) is 5.91 Å². The van der Waals surface area contributed by atoms with Gasteiger partial charge in [0.1, 0.15) is 18.4 Å². The summed E-state index contributed by atoms with van der Waals surface area (Å²) >= 11 is 0. The van der Waals surface area contributed by atoms with Crippen molar-refractivity contribution in [2.75, 3.05) is 26.2 Å². The van der Waals surface area contributed by atoms with Crippen LogP contribution in [0.25, 0.3) is 0 Å². The minimum absolute atomic E-state index is 0.112. The Morgan fingerprint density at radius 1 is 1.11 bits per heavy atom. The molecule has 2 amide bonds. The van der Waals surface area contributed by atoms with Crippen molar-refractivity contribution in [1.82, 2.24) is 15.2 Å². The van der Waals surface area contributed by atoms with E-state index in [0.717, 1.165) is 5.56 Å². The highest BCUT2D eigenvalue weighted by molar-refractivity contribution is 6.03. The predicted molar refractivity (Wildman–Crippen MR) is 141 cm³/mol. The highest BCUT2D eigenvalue weighted by atomic mass is 19.3. The Morgan fingerprint density at radius 3 is 2.39 bits per heavy atom. The summed E-state index contributed by atoms with van der Waals surface area (Å²) in [6.45, 7) is 2.95. The lowest BCUT2D eigenvalue weighted by molar-refractivity contribution is -0.137. The number of fused-ring (bicyclic) bond motifs is 1. The zero-order chi connectivity index (χ0) is 27.3. The Morgan fingerprint density at radius 2 is 1.76 bits per heavy atom. The molecule has 2 aromatic rings. The summed E-state index contributed by atoms with van der Waals surface area (Å²) in [7, 11) is 0. The van der Waals surface area contributed by atoms with E-state index in [9.17, 15) is 18.4 Å². The van der Waals surface area contributed by atoms with E-state index in [2.05, 4.69) is 10.4 Å². The number of amides is 2. The summed E-state index contributed by atoms with van der Waals surface area (Å²) in [5.74, 6) is -0.346. The smallest absolute Gasteiger partial charge is 0.257 e. The summed E-state index contributed by atoms with van der Waals surface area (Å²) in [4.78, 5) is 28.0. The molecule has 38 heavy (non-hydrogen) atoms. The van der Waals surface area contributed by atoms with Crippen molar-refractivity contribution in [3.8, 4) is 5.75 Å². The van der Waals surface area contributed by atoms with Crippen LogP contribution in [0.2, 0.25) is 0 Å². The maximum atomic E-state index is 13.8. The number of para-hydroxylation sites is 1. The van der Waals surface area contributed by atoms with E-state index in [-0.39, 0.29) is 19.7 Å². The van der Waals surface area contributed by atoms with E-state index < -0.39 is 41.8 Å². The Balaban J connectivity index is 1.58. The number of rotatable bonds is 10. The number of halogens is 2. The molecule has 4 rings (SSSR count). The van der Waals surface area contributed by atoms with E-state index in [1.54, 1.807) is 50.4 Å². The molecule has 0 fully saturated rings. The summed E-state index contributed by atoms with van der Waals surface area (Å²) in [5.41, 5.74) is 5.72. The molecule has 2 atom stereocenters. The van der Waals surface area contributed by atoms with E-state index in [1.807, 2.05) is 36.4 Å². The number of ether oxygens (including phenoxy) is 1. The zero-order valence-corrected chi connectivity index (χ0v) is 21.5. The summed E-state index contributed by atoms with van der Waals surface area (Å²) in [5, 5.41) is 8.55. The van der Waals surface area contributed by atoms with Crippen LogP contribution in [-0.4, -0.2) is 71.7 Å². The van der Waals surface area contributed by atoms with Crippen molar-refractivity contribution in [3.63, 3.8) is 0 Å². The number of hydrogen-bond acceptors (Lipinski definition) is 6. The number of nitrogens with zero attached hydrogens (tertiary/aromatic N) is 3. The van der Waals surface area contributed by atoms with Gasteiger partial charge in [0.25, 0.3) is 12.3 Å². The van der Waals surface area contributed by atoms with Crippen molar-refractivity contribution < 1.29 is 23.1 Å². The van der Waals surface area contributed by atoms with E-state index in [1.165, 1.54) is 9.91 Å². The number of carbonyl (C=O) groups is 2. The number of nitrogens with two attached hydrogens (primary N) is 1. The number of hydrazone groups is 1. The minimum atomic E-state index is -2.54. The van der Waals surface area contributed by atoms with Gasteiger partial charge >= 0.3 is 0 Å². The first-order chi connectivity index (χ1) is 18.1. The van der Waals surface area contributed by atoms with Gasteiger partial charge in [-0.15, -0.1) is 0 Å². The fourth-order valence-corrected chi connectivity index (χ4v) is 4.63. The van der Waals surface area contributed by atoms with Crippen LogP contribution in [0.15, 0.2) is 78.0 Å². The molecule has 3 N–H and O–H groups in total. The Kier molecular flexibility index (Phi) is 8.11. The molecular weight excluding hydrogens is 492 g/mol. The second kappa shape index (κ2) is 11.3. The van der Waals surface area contributed by atoms with Crippen LogP contribution in [0.4, 0.5) is 8.78 Å². The van der Waals surface area contributed by atoms with Crippen LogP contribution in [0.1, 0.15) is 19.4 Å². The molecule has 2 heterocycles. The summed E-state index contributed by atoms with van der Waals surface area (Å²) in [6, 6.07) is 17.6. The average molecular weight is 526 g/mol. The Labute approximate surface area is 221 Å². The lowest BCUT2D eigenvalue weighted by atomic mass is 9.75. The number of carbonyl (C=O) groups excluding carboxylic acids is 2. The topological polar surface area (TPSA) is 100 Å². The molecule has 2 aromatic carbocycles. The zero-order valence-electron chi connectivity index (χ0n) is 21.5. The monoisotopic (exact) mass is 525 g/mol. The predicted octanol–water partition coefficient (Wildman–Crippen LogP) is 2.81. The Bertz CT molecular complexity index is 1180. The third kappa shape index (κ3) is 6.55. The van der Waals surface area contributed by atoms with Crippen molar-refractivity contribution in [3.05, 3.63) is 78.5 Å². The van der Waals surface area contributed by atoms with Crippen molar-refractivity contribution in [1.29, 1.82) is 0 Å². The third-order valence-electron chi connectivity index (χ3n) is 6.53. The minimum Gasteiger partial charge on any atom is -0.491 e. The largest absolute Gasteiger partial charge is 0.491 e. The van der Waals surface area contributed by atoms with Gasteiger partial charge in [-0.25, -0.2) is 8.78 Å².